The van der Waals surface area contributed by atoms with E-state index in [4.69, 9.17) is 9.47 Å². The SMILES string of the molecule is CC(NC(=O)c1cn(C)nc1-c1ccc2c(c1)OCCCO2)c1ccc(-n2cncn2)cc1. The van der Waals surface area contributed by atoms with Gasteiger partial charge in [0.2, 0.25) is 0 Å². The molecule has 0 radical (unpaired) electrons. The number of amides is 1. The Morgan fingerprint density at radius 3 is 2.64 bits per heavy atom. The molecule has 9 heteroatoms. The number of fused-ring (bicyclic) bond motifs is 1. The molecule has 4 aromatic rings. The van der Waals surface area contributed by atoms with Gasteiger partial charge in [-0.1, -0.05) is 12.1 Å². The van der Waals surface area contributed by atoms with Gasteiger partial charge in [-0.2, -0.15) is 10.2 Å². The molecule has 0 fully saturated rings. The number of hydrogen-bond acceptors (Lipinski definition) is 6. The number of aryl methyl sites for hydroxylation is 1. The Bertz CT molecular complexity index is 1260. The molecule has 2 aromatic carbocycles. The number of ether oxygens (including phenoxy) is 2. The monoisotopic (exact) mass is 444 g/mol. The Morgan fingerprint density at radius 1 is 1.09 bits per heavy atom. The average Bonchev–Trinajstić information content (AvgIpc) is 3.44. The Labute approximate surface area is 191 Å². The first kappa shape index (κ1) is 20.7. The van der Waals surface area contributed by atoms with E-state index >= 15 is 0 Å². The number of aromatic nitrogens is 5. The van der Waals surface area contributed by atoms with Crippen LogP contribution in [0.3, 0.4) is 0 Å². The molecular formula is C24H24N6O3. The van der Waals surface area contributed by atoms with Crippen LogP contribution in [0.4, 0.5) is 0 Å². The number of carbonyl (C=O) groups excluding carboxylic acids is 1. The molecule has 0 spiro atoms. The molecule has 1 unspecified atom stereocenters. The van der Waals surface area contributed by atoms with Crippen molar-refractivity contribution < 1.29 is 14.3 Å². The minimum Gasteiger partial charge on any atom is -0.490 e. The summed E-state index contributed by atoms with van der Waals surface area (Å²) in [5, 5.41) is 11.7. The average molecular weight is 444 g/mol. The van der Waals surface area contributed by atoms with E-state index in [0.717, 1.165) is 23.2 Å². The van der Waals surface area contributed by atoms with Gasteiger partial charge in [0.25, 0.3) is 5.91 Å². The lowest BCUT2D eigenvalue weighted by Crippen LogP contribution is -2.26. The maximum atomic E-state index is 13.2. The number of hydrogen-bond donors (Lipinski definition) is 1. The summed E-state index contributed by atoms with van der Waals surface area (Å²) in [5.74, 6) is 1.18. The number of carbonyl (C=O) groups is 1. The van der Waals surface area contributed by atoms with Crippen LogP contribution < -0.4 is 14.8 Å². The first-order valence-electron chi connectivity index (χ1n) is 10.8. The number of benzene rings is 2. The number of nitrogens with zero attached hydrogens (tertiary/aromatic N) is 5. The van der Waals surface area contributed by atoms with E-state index in [-0.39, 0.29) is 11.9 Å². The molecule has 0 bridgehead atoms. The van der Waals surface area contributed by atoms with Gasteiger partial charge in [0.05, 0.1) is 30.5 Å². The Kier molecular flexibility index (Phi) is 5.52. The zero-order valence-corrected chi connectivity index (χ0v) is 18.4. The highest BCUT2D eigenvalue weighted by Gasteiger charge is 2.21. The van der Waals surface area contributed by atoms with Crippen molar-refractivity contribution in [1.82, 2.24) is 29.9 Å². The lowest BCUT2D eigenvalue weighted by molar-refractivity contribution is 0.0940. The summed E-state index contributed by atoms with van der Waals surface area (Å²) in [7, 11) is 1.80. The van der Waals surface area contributed by atoms with Crippen molar-refractivity contribution in [1.29, 1.82) is 0 Å². The fourth-order valence-corrected chi connectivity index (χ4v) is 3.79. The highest BCUT2D eigenvalue weighted by molar-refractivity contribution is 6.00. The minimum atomic E-state index is -0.196. The molecule has 0 aliphatic carbocycles. The van der Waals surface area contributed by atoms with Gasteiger partial charge in [-0.3, -0.25) is 9.48 Å². The van der Waals surface area contributed by atoms with Crippen LogP contribution in [0.5, 0.6) is 11.5 Å². The van der Waals surface area contributed by atoms with Gasteiger partial charge >= 0.3 is 0 Å². The molecule has 33 heavy (non-hydrogen) atoms. The molecule has 2 aromatic heterocycles. The van der Waals surface area contributed by atoms with Crippen LogP contribution in [0.25, 0.3) is 16.9 Å². The van der Waals surface area contributed by atoms with E-state index in [0.29, 0.717) is 36.0 Å². The van der Waals surface area contributed by atoms with Crippen LogP contribution in [0.15, 0.2) is 61.3 Å². The molecular weight excluding hydrogens is 420 g/mol. The van der Waals surface area contributed by atoms with Crippen LogP contribution in [0.1, 0.15) is 35.3 Å². The first-order chi connectivity index (χ1) is 16.1. The Morgan fingerprint density at radius 2 is 1.88 bits per heavy atom. The Hall–Kier alpha value is -4.14. The fourth-order valence-electron chi connectivity index (χ4n) is 3.79. The van der Waals surface area contributed by atoms with Gasteiger partial charge < -0.3 is 14.8 Å². The molecule has 0 saturated carbocycles. The van der Waals surface area contributed by atoms with Crippen molar-refractivity contribution in [3.05, 3.63) is 72.4 Å². The molecule has 1 atom stereocenters. The topological polar surface area (TPSA) is 96.1 Å². The van der Waals surface area contributed by atoms with E-state index in [1.54, 1.807) is 28.9 Å². The van der Waals surface area contributed by atoms with Crippen LogP contribution in [-0.4, -0.2) is 43.7 Å². The summed E-state index contributed by atoms with van der Waals surface area (Å²) in [4.78, 5) is 17.2. The van der Waals surface area contributed by atoms with Crippen molar-refractivity contribution >= 4 is 5.91 Å². The standard InChI is InChI=1S/C24H24N6O3/c1-16(17-4-7-19(8-5-17)30-15-25-14-26-30)27-24(31)20-13-29(2)28-23(20)18-6-9-21-22(12-18)33-11-3-10-32-21/h4-9,12-16H,3,10-11H2,1-2H3,(H,27,31). The second-order valence-electron chi connectivity index (χ2n) is 7.90. The fraction of sp³-hybridized carbons (Fsp3) is 0.250. The summed E-state index contributed by atoms with van der Waals surface area (Å²) >= 11 is 0. The van der Waals surface area contributed by atoms with Gasteiger partial charge in [-0.05, 0) is 42.8 Å². The van der Waals surface area contributed by atoms with Gasteiger partial charge in [-0.25, -0.2) is 9.67 Å². The summed E-state index contributed by atoms with van der Waals surface area (Å²) in [6.07, 6.45) is 5.70. The van der Waals surface area contributed by atoms with E-state index in [9.17, 15) is 4.79 Å². The molecule has 9 nitrogen and oxygen atoms in total. The molecule has 5 rings (SSSR count). The highest BCUT2D eigenvalue weighted by Crippen LogP contribution is 2.35. The summed E-state index contributed by atoms with van der Waals surface area (Å²) in [6.45, 7) is 3.17. The van der Waals surface area contributed by atoms with E-state index in [1.165, 1.54) is 6.33 Å². The molecule has 1 N–H and O–H groups in total. The van der Waals surface area contributed by atoms with Gasteiger partial charge in [-0.15, -0.1) is 0 Å². The zero-order valence-electron chi connectivity index (χ0n) is 18.4. The smallest absolute Gasteiger partial charge is 0.255 e. The highest BCUT2D eigenvalue weighted by atomic mass is 16.5. The van der Waals surface area contributed by atoms with E-state index in [1.807, 2.05) is 49.4 Å². The first-order valence-corrected chi connectivity index (χ1v) is 10.8. The lowest BCUT2D eigenvalue weighted by Gasteiger charge is -2.15. The van der Waals surface area contributed by atoms with Crippen LogP contribution in [0.2, 0.25) is 0 Å². The number of nitrogens with one attached hydrogen (secondary N) is 1. The third-order valence-corrected chi connectivity index (χ3v) is 5.52. The molecule has 1 aliphatic heterocycles. The van der Waals surface area contributed by atoms with Crippen LogP contribution >= 0.6 is 0 Å². The third-order valence-electron chi connectivity index (χ3n) is 5.52. The van der Waals surface area contributed by atoms with Gasteiger partial charge in [0.15, 0.2) is 11.5 Å². The van der Waals surface area contributed by atoms with Crippen LogP contribution in [-0.2, 0) is 7.05 Å². The Balaban J connectivity index is 1.36. The van der Waals surface area contributed by atoms with Gasteiger partial charge in [0, 0.05) is 25.2 Å². The molecule has 3 heterocycles. The van der Waals surface area contributed by atoms with Crippen molar-refractivity contribution in [2.45, 2.75) is 19.4 Å². The number of rotatable bonds is 5. The van der Waals surface area contributed by atoms with Crippen LogP contribution in [0, 0.1) is 0 Å². The van der Waals surface area contributed by atoms with Crippen molar-refractivity contribution in [3.63, 3.8) is 0 Å². The van der Waals surface area contributed by atoms with E-state index < -0.39 is 0 Å². The third kappa shape index (κ3) is 4.30. The lowest BCUT2D eigenvalue weighted by atomic mass is 10.0. The second-order valence-corrected chi connectivity index (χ2v) is 7.90. The predicted octanol–water partition coefficient (Wildman–Crippen LogP) is 3.32. The maximum Gasteiger partial charge on any atom is 0.255 e. The summed E-state index contributed by atoms with van der Waals surface area (Å²) in [5.41, 5.74) is 3.78. The van der Waals surface area contributed by atoms with Crippen molar-refractivity contribution in [2.75, 3.05) is 13.2 Å². The van der Waals surface area contributed by atoms with Gasteiger partial charge in [0.1, 0.15) is 18.3 Å². The van der Waals surface area contributed by atoms with Crippen molar-refractivity contribution in [3.8, 4) is 28.4 Å². The summed E-state index contributed by atoms with van der Waals surface area (Å²) < 4.78 is 14.9. The second kappa shape index (κ2) is 8.78. The molecule has 1 aliphatic rings. The maximum absolute atomic E-state index is 13.2. The predicted molar refractivity (Wildman–Crippen MR) is 121 cm³/mol. The minimum absolute atomic E-state index is 0.195. The van der Waals surface area contributed by atoms with E-state index in [2.05, 4.69) is 20.5 Å². The molecule has 0 saturated heterocycles. The molecule has 168 valence electrons. The summed E-state index contributed by atoms with van der Waals surface area (Å²) in [6, 6.07) is 13.3. The zero-order chi connectivity index (χ0) is 22.8. The normalized spacial score (nSPS) is 13.9. The largest absolute Gasteiger partial charge is 0.490 e. The van der Waals surface area contributed by atoms with Crippen molar-refractivity contribution in [2.24, 2.45) is 7.05 Å². The molecule has 1 amide bonds. The quantitative estimate of drug-likeness (QED) is 0.507.